The van der Waals surface area contributed by atoms with Crippen molar-refractivity contribution in [3.05, 3.63) is 45.9 Å². The van der Waals surface area contributed by atoms with Crippen LogP contribution in [-0.4, -0.2) is 118 Å². The number of Topliss-reactive ketones (excluding diaryl/α,β-unsaturated/α-hetero) is 2. The lowest BCUT2D eigenvalue weighted by Gasteiger charge is -2.50. The second kappa shape index (κ2) is 11.4. The van der Waals surface area contributed by atoms with Gasteiger partial charge in [0.2, 0.25) is 11.7 Å². The largest absolute Gasteiger partial charge is 0.510 e. The molecule has 0 heterocycles. The summed E-state index contributed by atoms with van der Waals surface area (Å²) >= 11 is 0. The summed E-state index contributed by atoms with van der Waals surface area (Å²) in [5, 5.41) is 47.1. The van der Waals surface area contributed by atoms with Gasteiger partial charge in [0.15, 0.2) is 17.1 Å². The number of aliphatic hydroxyl groups is 3. The molecular weight excluding hydrogens is 580 g/mol. The van der Waals surface area contributed by atoms with Gasteiger partial charge in [-0.05, 0) is 58.6 Å². The minimum atomic E-state index is -4.67. The highest BCUT2D eigenvalue weighted by atomic mass is 32.3. The van der Waals surface area contributed by atoms with Gasteiger partial charge >= 0.3 is 10.4 Å². The number of hydrogen-bond acceptors (Lipinski definition) is 12. The predicted octanol–water partition coefficient (Wildman–Crippen LogP) is -1.03. The minimum absolute atomic E-state index is 0.00447. The molecule has 9 N–H and O–H groups in total. The first-order valence-electron chi connectivity index (χ1n) is 12.4. The molecule has 2 amide bonds. The first-order valence-corrected chi connectivity index (χ1v) is 13.8. The molecule has 0 radical (unpaired) electrons. The number of fused-ring (bicyclic) bond motifs is 3. The summed E-state index contributed by atoms with van der Waals surface area (Å²) < 4.78 is 31.6. The molecule has 0 fully saturated rings. The molecule has 1 aromatic carbocycles. The lowest BCUT2D eigenvalue weighted by atomic mass is 9.58. The monoisotopic (exact) mass is 612 g/mol. The van der Waals surface area contributed by atoms with E-state index in [-0.39, 0.29) is 36.2 Å². The number of carbonyl (C=O) groups is 4. The van der Waals surface area contributed by atoms with Crippen LogP contribution in [0.4, 0.5) is 5.69 Å². The van der Waals surface area contributed by atoms with Gasteiger partial charge in [-0.3, -0.25) is 33.2 Å². The van der Waals surface area contributed by atoms with E-state index < -0.39 is 80.1 Å². The van der Waals surface area contributed by atoms with E-state index in [0.29, 0.717) is 5.56 Å². The maximum Gasteiger partial charge on any atom is 0.394 e. The molecular formula is C25H32N4O12S. The molecule has 0 spiro atoms. The van der Waals surface area contributed by atoms with E-state index in [4.69, 9.17) is 23.3 Å². The maximum atomic E-state index is 13.6. The molecule has 16 nitrogen and oxygen atoms in total. The maximum absolute atomic E-state index is 13.6. The highest BCUT2D eigenvalue weighted by Crippen LogP contribution is 2.52. The van der Waals surface area contributed by atoms with Gasteiger partial charge < -0.3 is 36.4 Å². The smallest absolute Gasteiger partial charge is 0.394 e. The summed E-state index contributed by atoms with van der Waals surface area (Å²) in [6.45, 7) is 0.0324. The highest BCUT2D eigenvalue weighted by Gasteiger charge is 2.63. The fourth-order valence-electron chi connectivity index (χ4n) is 5.80. The highest BCUT2D eigenvalue weighted by molar-refractivity contribution is 7.79. The summed E-state index contributed by atoms with van der Waals surface area (Å²) in [6, 6.07) is 2.02. The molecule has 42 heavy (non-hydrogen) atoms. The Morgan fingerprint density at radius 2 is 1.67 bits per heavy atom. The zero-order chi connectivity index (χ0) is 32.1. The Balaban J connectivity index is 0.000000892. The van der Waals surface area contributed by atoms with E-state index in [1.165, 1.54) is 11.0 Å². The van der Waals surface area contributed by atoms with Gasteiger partial charge in [-0.2, -0.15) is 8.42 Å². The second-order valence-electron chi connectivity index (χ2n) is 10.7. The van der Waals surface area contributed by atoms with Gasteiger partial charge in [-0.1, -0.05) is 6.07 Å². The van der Waals surface area contributed by atoms with Crippen molar-refractivity contribution in [1.82, 2.24) is 9.80 Å². The fraction of sp³-hybridized carbons (Fsp3) is 0.440. The normalized spacial score (nSPS) is 25.4. The average Bonchev–Trinajstić information content (AvgIpc) is 2.81. The van der Waals surface area contributed by atoms with Crippen LogP contribution in [0.1, 0.15) is 22.3 Å². The number of phenols is 1. The number of aliphatic hydroxyl groups excluding tert-OH is 2. The Bertz CT molecular complexity index is 1520. The predicted molar refractivity (Wildman–Crippen MR) is 145 cm³/mol. The van der Waals surface area contributed by atoms with Crippen LogP contribution < -0.4 is 11.1 Å². The van der Waals surface area contributed by atoms with Crippen molar-refractivity contribution < 1.29 is 57.1 Å². The van der Waals surface area contributed by atoms with E-state index >= 15 is 0 Å². The van der Waals surface area contributed by atoms with Gasteiger partial charge in [0.25, 0.3) is 5.91 Å². The fourth-order valence-corrected chi connectivity index (χ4v) is 5.80. The Morgan fingerprint density at radius 3 is 2.17 bits per heavy atom. The number of nitrogens with one attached hydrogen (secondary N) is 1. The molecule has 4 rings (SSSR count). The zero-order valence-corrected chi connectivity index (χ0v) is 23.8. The number of amides is 2. The van der Waals surface area contributed by atoms with E-state index in [0.717, 1.165) is 0 Å². The van der Waals surface area contributed by atoms with Gasteiger partial charge in [-0.15, -0.1) is 0 Å². The molecule has 17 heteroatoms. The molecule has 0 saturated heterocycles. The number of allylic oxidation sites excluding steroid dienone is 1. The number of aromatic hydroxyl groups is 1. The van der Waals surface area contributed by atoms with Crippen molar-refractivity contribution in [2.45, 2.75) is 24.5 Å². The van der Waals surface area contributed by atoms with Crippen LogP contribution in [0.2, 0.25) is 0 Å². The summed E-state index contributed by atoms with van der Waals surface area (Å²) in [7, 11) is 1.85. The molecule has 0 bridgehead atoms. The number of benzene rings is 1. The third kappa shape index (κ3) is 5.87. The third-order valence-electron chi connectivity index (χ3n) is 7.33. The molecule has 3 unspecified atom stereocenters. The lowest BCUT2D eigenvalue weighted by molar-refractivity contribution is -0.148. The van der Waals surface area contributed by atoms with Crippen molar-refractivity contribution in [3.8, 4) is 5.75 Å². The minimum Gasteiger partial charge on any atom is -0.510 e. The number of likely N-dealkylation sites (N-methyl/N-ethyl adjacent to an activating group) is 2. The van der Waals surface area contributed by atoms with Crippen LogP contribution in [0, 0.1) is 11.8 Å². The number of ketones is 2. The Morgan fingerprint density at radius 1 is 1.10 bits per heavy atom. The van der Waals surface area contributed by atoms with Crippen molar-refractivity contribution in [2.75, 3.05) is 40.1 Å². The van der Waals surface area contributed by atoms with Gasteiger partial charge in [-0.25, -0.2) is 0 Å². The van der Waals surface area contributed by atoms with Crippen LogP contribution >= 0.6 is 0 Å². The number of nitrogens with zero attached hydrogens (tertiary/aromatic N) is 2. The Hall–Kier alpha value is -3.87. The summed E-state index contributed by atoms with van der Waals surface area (Å²) in [5.74, 6) is -7.61. The van der Waals surface area contributed by atoms with Crippen molar-refractivity contribution in [2.24, 2.45) is 17.6 Å². The summed E-state index contributed by atoms with van der Waals surface area (Å²) in [4.78, 5) is 54.3. The number of rotatable bonds is 5. The average molecular weight is 613 g/mol. The van der Waals surface area contributed by atoms with Gasteiger partial charge in [0.1, 0.15) is 17.1 Å². The summed E-state index contributed by atoms with van der Waals surface area (Å²) in [6.07, 6.45) is 0.182. The molecule has 0 saturated carbocycles. The Labute approximate surface area is 240 Å². The molecule has 0 aliphatic heterocycles. The van der Waals surface area contributed by atoms with Crippen LogP contribution in [-0.2, 0) is 31.2 Å². The number of nitrogens with two attached hydrogens (primary N) is 1. The standard InChI is InChI=1S/C25H30N4O8.H2O4S/c1-28(2)9-14(30)27-13-6-5-10-7-11-8-12-18(29(3)4)21(33)17(24(26)36)23(35)25(12,37)22(34)16(11)20(32)15(10)19(13)31;1-5(2,3)4/h5-6,11-12,18,31,33-34,37H,7-9H2,1-4H3,(H2,26,36)(H,27,30);(H2,1,2,3,4)/t11?,12?,18-,25?;/m0./s1. The van der Waals surface area contributed by atoms with E-state index in [1.807, 2.05) is 0 Å². The lowest BCUT2D eigenvalue weighted by Crippen LogP contribution is -2.63. The first kappa shape index (κ1) is 32.6. The first-order chi connectivity index (χ1) is 19.2. The number of primary amides is 1. The molecule has 3 aliphatic carbocycles. The topological polar surface area (TPSA) is 268 Å². The molecule has 3 aliphatic rings. The molecule has 4 atom stereocenters. The van der Waals surface area contributed by atoms with E-state index in [9.17, 15) is 39.6 Å². The van der Waals surface area contributed by atoms with Crippen molar-refractivity contribution in [3.63, 3.8) is 0 Å². The van der Waals surface area contributed by atoms with Gasteiger partial charge in [0.05, 0.1) is 23.8 Å². The quantitative estimate of drug-likeness (QED) is 0.112. The molecule has 0 aromatic heterocycles. The SMILES string of the molecule is CN(C)CC(=O)Nc1ccc2c(c1O)C(=O)C1=C(O)C3(O)C(=O)C(C(N)=O)=C(O)[C@@H](N(C)C)C3CC1C2.O=S(=O)(O)O. The molecule has 1 aromatic rings. The number of hydrogen-bond donors (Lipinski definition) is 8. The Kier molecular flexibility index (Phi) is 8.88. The number of carbonyl (C=O) groups excluding carboxylic acids is 4. The van der Waals surface area contributed by atoms with Crippen molar-refractivity contribution in [1.29, 1.82) is 0 Å². The zero-order valence-electron chi connectivity index (χ0n) is 23.0. The summed E-state index contributed by atoms with van der Waals surface area (Å²) in [5.41, 5.74) is 1.80. The van der Waals surface area contributed by atoms with Crippen LogP contribution in [0.5, 0.6) is 5.75 Å². The van der Waals surface area contributed by atoms with Gasteiger partial charge in [0, 0.05) is 11.5 Å². The van der Waals surface area contributed by atoms with Crippen LogP contribution in [0.25, 0.3) is 0 Å². The number of phenolic OH excluding ortho intramolecular Hbond substituents is 1. The van der Waals surface area contributed by atoms with E-state index in [1.54, 1.807) is 39.2 Å². The van der Waals surface area contributed by atoms with E-state index in [2.05, 4.69) is 5.32 Å². The third-order valence-corrected chi connectivity index (χ3v) is 7.33. The second-order valence-corrected chi connectivity index (χ2v) is 11.6. The molecule has 230 valence electrons. The van der Waals surface area contributed by atoms with Crippen LogP contribution in [0.15, 0.2) is 34.8 Å². The van der Waals surface area contributed by atoms with Crippen molar-refractivity contribution >= 4 is 39.5 Å². The van der Waals surface area contributed by atoms with Crippen LogP contribution in [0.3, 0.4) is 0 Å². The number of anilines is 1.